The van der Waals surface area contributed by atoms with Crippen LogP contribution in [0.2, 0.25) is 0 Å². The molecule has 0 aliphatic carbocycles. The number of fused-ring (bicyclic) bond motifs is 1. The molecule has 0 aromatic carbocycles. The molecule has 80 valence electrons. The molecule has 0 bridgehead atoms. The van der Waals surface area contributed by atoms with Crippen molar-refractivity contribution in [2.75, 3.05) is 26.2 Å². The maximum atomic E-state index is 11.5. The Hall–Kier alpha value is -0.770. The second-order valence-electron chi connectivity index (χ2n) is 4.07. The number of rotatable bonds is 1. The number of likely N-dealkylation sites (tertiary alicyclic amines) is 1. The summed E-state index contributed by atoms with van der Waals surface area (Å²) in [7, 11) is 0. The van der Waals surface area contributed by atoms with Crippen LogP contribution in [0, 0.1) is 5.92 Å². The fourth-order valence-electron chi connectivity index (χ4n) is 2.41. The van der Waals surface area contributed by atoms with Crippen molar-refractivity contribution < 1.29 is 9.53 Å². The smallest absolute Gasteiger partial charge is 0.409 e. The van der Waals surface area contributed by atoms with E-state index in [4.69, 9.17) is 4.74 Å². The van der Waals surface area contributed by atoms with Crippen LogP contribution in [0.15, 0.2) is 0 Å². The molecule has 1 amide bonds. The van der Waals surface area contributed by atoms with Crippen molar-refractivity contribution in [2.24, 2.45) is 5.92 Å². The molecule has 4 nitrogen and oxygen atoms in total. The summed E-state index contributed by atoms with van der Waals surface area (Å²) in [6.45, 7) is 5.11. The van der Waals surface area contributed by atoms with E-state index in [0.29, 0.717) is 18.6 Å². The minimum absolute atomic E-state index is 0.149. The molecule has 0 saturated carbocycles. The summed E-state index contributed by atoms with van der Waals surface area (Å²) in [5.74, 6) is 0.646. The highest BCUT2D eigenvalue weighted by Crippen LogP contribution is 2.25. The first-order chi connectivity index (χ1) is 6.81. The van der Waals surface area contributed by atoms with Crippen molar-refractivity contribution in [3.05, 3.63) is 0 Å². The van der Waals surface area contributed by atoms with E-state index >= 15 is 0 Å². The van der Waals surface area contributed by atoms with Crippen molar-refractivity contribution >= 4 is 6.09 Å². The maximum absolute atomic E-state index is 11.5. The molecular weight excluding hydrogens is 180 g/mol. The number of ether oxygens (including phenoxy) is 1. The van der Waals surface area contributed by atoms with E-state index in [2.05, 4.69) is 5.32 Å². The van der Waals surface area contributed by atoms with Gasteiger partial charge in [-0.3, -0.25) is 0 Å². The molecule has 2 saturated heterocycles. The van der Waals surface area contributed by atoms with E-state index in [9.17, 15) is 4.79 Å². The van der Waals surface area contributed by atoms with E-state index in [-0.39, 0.29) is 6.09 Å². The lowest BCUT2D eigenvalue weighted by Crippen LogP contribution is -2.41. The molecule has 14 heavy (non-hydrogen) atoms. The first-order valence-corrected chi connectivity index (χ1v) is 5.46. The Morgan fingerprint density at radius 2 is 2.43 bits per heavy atom. The second kappa shape index (κ2) is 4.17. The number of nitrogens with zero attached hydrogens (tertiary/aromatic N) is 1. The third-order valence-corrected chi connectivity index (χ3v) is 3.13. The summed E-state index contributed by atoms with van der Waals surface area (Å²) < 4.78 is 4.99. The molecule has 0 unspecified atom stereocenters. The van der Waals surface area contributed by atoms with E-state index < -0.39 is 0 Å². The maximum Gasteiger partial charge on any atom is 0.409 e. The van der Waals surface area contributed by atoms with Crippen molar-refractivity contribution in [1.29, 1.82) is 0 Å². The average Bonchev–Trinajstić information content (AvgIpc) is 2.61. The zero-order valence-corrected chi connectivity index (χ0v) is 8.66. The largest absolute Gasteiger partial charge is 0.450 e. The highest BCUT2D eigenvalue weighted by molar-refractivity contribution is 5.68. The van der Waals surface area contributed by atoms with Crippen LogP contribution in [0.3, 0.4) is 0 Å². The highest BCUT2D eigenvalue weighted by Gasteiger charge is 2.36. The summed E-state index contributed by atoms with van der Waals surface area (Å²) >= 11 is 0. The molecule has 2 aliphatic rings. The van der Waals surface area contributed by atoms with Gasteiger partial charge in [-0.2, -0.15) is 0 Å². The summed E-state index contributed by atoms with van der Waals surface area (Å²) in [5, 5.41) is 3.46. The van der Waals surface area contributed by atoms with Gasteiger partial charge in [0.05, 0.1) is 6.61 Å². The number of carbonyl (C=O) groups is 1. The number of carbonyl (C=O) groups excluding carboxylic acids is 1. The topological polar surface area (TPSA) is 41.6 Å². The molecule has 0 aromatic heterocycles. The minimum Gasteiger partial charge on any atom is -0.450 e. The SMILES string of the molecule is CCOC(=O)N1C[C@@H]2CCCN[C@@H]2C1. The highest BCUT2D eigenvalue weighted by atomic mass is 16.6. The fourth-order valence-corrected chi connectivity index (χ4v) is 2.41. The summed E-state index contributed by atoms with van der Waals surface area (Å²) in [6.07, 6.45) is 2.33. The molecule has 0 spiro atoms. The summed E-state index contributed by atoms with van der Waals surface area (Å²) in [4.78, 5) is 13.3. The fraction of sp³-hybridized carbons (Fsp3) is 0.900. The van der Waals surface area contributed by atoms with E-state index in [1.165, 1.54) is 12.8 Å². The Kier molecular flexibility index (Phi) is 2.91. The van der Waals surface area contributed by atoms with Crippen molar-refractivity contribution in [3.8, 4) is 0 Å². The van der Waals surface area contributed by atoms with E-state index in [0.717, 1.165) is 19.6 Å². The molecule has 2 aliphatic heterocycles. The van der Waals surface area contributed by atoms with Crippen LogP contribution in [0.25, 0.3) is 0 Å². The van der Waals surface area contributed by atoms with Crippen LogP contribution in [-0.4, -0.2) is 43.3 Å². The number of hydrogen-bond donors (Lipinski definition) is 1. The summed E-state index contributed by atoms with van der Waals surface area (Å²) in [6, 6.07) is 0.508. The van der Waals surface area contributed by atoms with Crippen LogP contribution in [0.4, 0.5) is 4.79 Å². The Bertz CT molecular complexity index is 206. The van der Waals surface area contributed by atoms with Gasteiger partial charge in [0.25, 0.3) is 0 Å². The van der Waals surface area contributed by atoms with Gasteiger partial charge < -0.3 is 15.0 Å². The molecular formula is C10H18N2O2. The van der Waals surface area contributed by atoms with Gasteiger partial charge >= 0.3 is 6.09 Å². The molecule has 0 aromatic rings. The minimum atomic E-state index is -0.149. The third kappa shape index (κ3) is 1.85. The van der Waals surface area contributed by atoms with Gasteiger partial charge in [0.2, 0.25) is 0 Å². The van der Waals surface area contributed by atoms with Crippen molar-refractivity contribution in [2.45, 2.75) is 25.8 Å². The molecule has 2 rings (SSSR count). The normalized spacial score (nSPS) is 31.4. The van der Waals surface area contributed by atoms with Gasteiger partial charge in [-0.1, -0.05) is 0 Å². The van der Waals surface area contributed by atoms with Crippen molar-refractivity contribution in [3.63, 3.8) is 0 Å². The molecule has 2 fully saturated rings. The average molecular weight is 198 g/mol. The lowest BCUT2D eigenvalue weighted by Gasteiger charge is -2.24. The molecule has 2 heterocycles. The predicted octanol–water partition coefficient (Wildman–Crippen LogP) is 0.827. The lowest BCUT2D eigenvalue weighted by atomic mass is 9.94. The number of amides is 1. The van der Waals surface area contributed by atoms with Crippen LogP contribution in [0.5, 0.6) is 0 Å². The zero-order chi connectivity index (χ0) is 9.97. The van der Waals surface area contributed by atoms with Gasteiger partial charge in [0.1, 0.15) is 0 Å². The number of piperidine rings is 1. The first-order valence-electron chi connectivity index (χ1n) is 5.46. The van der Waals surface area contributed by atoms with Gasteiger partial charge in [-0.15, -0.1) is 0 Å². The van der Waals surface area contributed by atoms with Crippen LogP contribution in [0.1, 0.15) is 19.8 Å². The zero-order valence-electron chi connectivity index (χ0n) is 8.66. The van der Waals surface area contributed by atoms with Crippen LogP contribution < -0.4 is 5.32 Å². The van der Waals surface area contributed by atoms with Gasteiger partial charge in [-0.05, 0) is 32.2 Å². The van der Waals surface area contributed by atoms with E-state index in [1.807, 2.05) is 11.8 Å². The Balaban J connectivity index is 1.89. The predicted molar refractivity (Wildman–Crippen MR) is 53.1 cm³/mol. The van der Waals surface area contributed by atoms with Gasteiger partial charge in [-0.25, -0.2) is 4.79 Å². The second-order valence-corrected chi connectivity index (χ2v) is 4.07. The first kappa shape index (κ1) is 9.77. The molecule has 2 atom stereocenters. The Morgan fingerprint density at radius 1 is 1.57 bits per heavy atom. The number of hydrogen-bond acceptors (Lipinski definition) is 3. The summed E-state index contributed by atoms with van der Waals surface area (Å²) in [5.41, 5.74) is 0. The number of nitrogens with one attached hydrogen (secondary N) is 1. The van der Waals surface area contributed by atoms with Crippen LogP contribution in [-0.2, 0) is 4.74 Å². The third-order valence-electron chi connectivity index (χ3n) is 3.13. The quantitative estimate of drug-likeness (QED) is 0.678. The van der Waals surface area contributed by atoms with Gasteiger partial charge in [0.15, 0.2) is 0 Å². The van der Waals surface area contributed by atoms with Crippen molar-refractivity contribution in [1.82, 2.24) is 10.2 Å². The Labute approximate surface area is 84.6 Å². The lowest BCUT2D eigenvalue weighted by molar-refractivity contribution is 0.114. The Morgan fingerprint density at radius 3 is 3.14 bits per heavy atom. The monoisotopic (exact) mass is 198 g/mol. The molecule has 1 N–H and O–H groups in total. The van der Waals surface area contributed by atoms with Gasteiger partial charge in [0, 0.05) is 19.1 Å². The standard InChI is InChI=1S/C10H18N2O2/c1-2-14-10(13)12-6-8-4-3-5-11-9(8)7-12/h8-9,11H,2-7H2,1H3/t8-,9+/m0/s1. The molecule has 4 heteroatoms. The molecule has 0 radical (unpaired) electrons. The van der Waals surface area contributed by atoms with Crippen LogP contribution >= 0.6 is 0 Å². The van der Waals surface area contributed by atoms with E-state index in [1.54, 1.807) is 0 Å².